The first-order valence-corrected chi connectivity index (χ1v) is 13.6. The highest BCUT2D eigenvalue weighted by Gasteiger charge is 2.07. The fraction of sp³-hybridized carbons (Fsp3) is 0.917. The maximum Gasteiger partial charge on any atom is 0.0108 e. The first-order valence-electron chi connectivity index (χ1n) is 13.6. The Kier molecular flexibility index (Phi) is 27.3. The molecule has 0 aromatic rings. The van der Waals surface area contributed by atoms with Crippen LogP contribution in [0.2, 0.25) is 0 Å². The lowest BCUT2D eigenvalue weighted by Gasteiger charge is -2.25. The summed E-state index contributed by atoms with van der Waals surface area (Å²) in [7, 11) is 0. The normalized spacial score (nSPS) is 11.7. The molecule has 0 saturated heterocycles. The summed E-state index contributed by atoms with van der Waals surface area (Å²) < 4.78 is 0. The molecule has 210 valence electrons. The number of nitrogens with zero attached hydrogens (tertiary/aromatic N) is 2. The summed E-state index contributed by atoms with van der Waals surface area (Å²) in [5.41, 5.74) is 23.7. The van der Waals surface area contributed by atoms with Crippen LogP contribution in [0.3, 0.4) is 0 Å². The van der Waals surface area contributed by atoms with Crippen molar-refractivity contribution < 1.29 is 0 Å². The topological polar surface area (TPSA) is 171 Å². The predicted octanol–water partition coefficient (Wildman–Crippen LogP) is -3.29. The quantitative estimate of drug-likeness (QED) is 0.0372. The fourth-order valence-corrected chi connectivity index (χ4v) is 3.62. The van der Waals surface area contributed by atoms with Crippen LogP contribution in [0.5, 0.6) is 0 Å². The van der Waals surface area contributed by atoms with E-state index in [4.69, 9.17) is 22.9 Å². The summed E-state index contributed by atoms with van der Waals surface area (Å²) in [5, 5.41) is 17.2. The first-order chi connectivity index (χ1) is 17.2. The number of hydrogen-bond acceptors (Lipinski definition) is 11. The molecule has 0 rings (SSSR count). The SMILES string of the molecule is C=C(CCNCCN)CCN(CCNCCNCCN)CCNCCN(CCN)CCNCCN. The Morgan fingerprint density at radius 3 is 1.31 bits per heavy atom. The van der Waals surface area contributed by atoms with Gasteiger partial charge in [0.25, 0.3) is 0 Å². The summed E-state index contributed by atoms with van der Waals surface area (Å²) in [4.78, 5) is 4.93. The summed E-state index contributed by atoms with van der Waals surface area (Å²) in [6.07, 6.45) is 2.04. The molecular weight excluding hydrogens is 442 g/mol. The predicted molar refractivity (Wildman–Crippen MR) is 152 cm³/mol. The fourth-order valence-electron chi connectivity index (χ4n) is 3.62. The summed E-state index contributed by atoms with van der Waals surface area (Å²) in [5.74, 6) is 0. The summed E-state index contributed by atoms with van der Waals surface area (Å²) >= 11 is 0. The van der Waals surface area contributed by atoms with E-state index in [-0.39, 0.29) is 0 Å². The van der Waals surface area contributed by atoms with Gasteiger partial charge in [0.05, 0.1) is 0 Å². The van der Waals surface area contributed by atoms with E-state index in [1.807, 2.05) is 0 Å². The maximum absolute atomic E-state index is 5.78. The monoisotopic (exact) mass is 501 g/mol. The largest absolute Gasteiger partial charge is 0.329 e. The van der Waals surface area contributed by atoms with Crippen molar-refractivity contribution in [2.75, 3.05) is 131 Å². The van der Waals surface area contributed by atoms with Crippen LogP contribution in [-0.4, -0.2) is 141 Å². The van der Waals surface area contributed by atoms with Crippen LogP contribution in [0.15, 0.2) is 12.2 Å². The Balaban J connectivity index is 4.24. The number of rotatable bonds is 29. The number of nitrogens with two attached hydrogens (primary N) is 4. The van der Waals surface area contributed by atoms with Crippen LogP contribution < -0.4 is 49.5 Å². The third-order valence-corrected chi connectivity index (χ3v) is 5.74. The van der Waals surface area contributed by atoms with Gasteiger partial charge < -0.3 is 54.4 Å². The smallest absolute Gasteiger partial charge is 0.0108 e. The Bertz CT molecular complexity index is 440. The third-order valence-electron chi connectivity index (χ3n) is 5.74. The molecule has 0 atom stereocenters. The highest BCUT2D eigenvalue weighted by Crippen LogP contribution is 2.04. The Morgan fingerprint density at radius 2 is 0.829 bits per heavy atom. The van der Waals surface area contributed by atoms with Crippen LogP contribution >= 0.6 is 0 Å². The molecule has 0 amide bonds. The lowest BCUT2D eigenvalue weighted by Crippen LogP contribution is -2.42. The minimum atomic E-state index is 0.675. The first kappa shape index (κ1) is 34.3. The second-order valence-electron chi connectivity index (χ2n) is 8.84. The molecule has 13 N–H and O–H groups in total. The molecule has 35 heavy (non-hydrogen) atoms. The van der Waals surface area contributed by atoms with Gasteiger partial charge in [-0.25, -0.2) is 0 Å². The van der Waals surface area contributed by atoms with Crippen molar-refractivity contribution in [3.05, 3.63) is 12.2 Å². The zero-order valence-corrected chi connectivity index (χ0v) is 22.5. The molecule has 11 nitrogen and oxygen atoms in total. The minimum Gasteiger partial charge on any atom is -0.329 e. The van der Waals surface area contributed by atoms with Gasteiger partial charge >= 0.3 is 0 Å². The van der Waals surface area contributed by atoms with Gasteiger partial charge in [-0.3, -0.25) is 4.90 Å². The van der Waals surface area contributed by atoms with Crippen molar-refractivity contribution in [1.82, 2.24) is 36.4 Å². The highest BCUT2D eigenvalue weighted by atomic mass is 15.2. The average molecular weight is 502 g/mol. The van der Waals surface area contributed by atoms with Crippen LogP contribution in [0, 0.1) is 0 Å². The van der Waals surface area contributed by atoms with E-state index in [1.54, 1.807) is 0 Å². The second-order valence-corrected chi connectivity index (χ2v) is 8.84. The molecule has 0 aromatic carbocycles. The number of nitrogens with one attached hydrogen (secondary N) is 5. The third kappa shape index (κ3) is 24.8. The molecule has 0 unspecified atom stereocenters. The lowest BCUT2D eigenvalue weighted by atomic mass is 10.1. The van der Waals surface area contributed by atoms with Crippen molar-refractivity contribution in [2.24, 2.45) is 22.9 Å². The van der Waals surface area contributed by atoms with Crippen LogP contribution in [0.1, 0.15) is 12.8 Å². The molecule has 0 aliphatic carbocycles. The second kappa shape index (κ2) is 27.9. The van der Waals surface area contributed by atoms with Crippen molar-refractivity contribution in [3.8, 4) is 0 Å². The average Bonchev–Trinajstić information content (AvgIpc) is 2.86. The van der Waals surface area contributed by atoms with Gasteiger partial charge in [-0.15, -0.1) is 0 Å². The zero-order valence-electron chi connectivity index (χ0n) is 22.5. The van der Waals surface area contributed by atoms with E-state index in [9.17, 15) is 0 Å². The zero-order chi connectivity index (χ0) is 25.8. The standard InChI is InChI=1S/C24H59N11/c1-24(2-8-29-9-4-25)3-18-34(20-15-32-13-12-30-10-5-26)21-16-33-17-23-35(19-7-28)22-14-31-11-6-27/h29-33H,1-23,25-28H2. The van der Waals surface area contributed by atoms with Crippen molar-refractivity contribution in [1.29, 1.82) is 0 Å². The molecule has 0 spiro atoms. The van der Waals surface area contributed by atoms with Gasteiger partial charge in [-0.2, -0.15) is 0 Å². The number of hydrogen-bond donors (Lipinski definition) is 9. The van der Waals surface area contributed by atoms with Crippen molar-refractivity contribution >= 4 is 0 Å². The van der Waals surface area contributed by atoms with Gasteiger partial charge in [-0.05, 0) is 19.4 Å². The Hall–Kier alpha value is -0.700. The molecule has 0 fully saturated rings. The Morgan fingerprint density at radius 1 is 0.429 bits per heavy atom. The molecule has 0 radical (unpaired) electrons. The van der Waals surface area contributed by atoms with Crippen LogP contribution in [0.25, 0.3) is 0 Å². The minimum absolute atomic E-state index is 0.675. The molecular formula is C24H59N11. The molecule has 0 bridgehead atoms. The highest BCUT2D eigenvalue weighted by molar-refractivity contribution is 4.95. The van der Waals surface area contributed by atoms with E-state index in [0.717, 1.165) is 118 Å². The van der Waals surface area contributed by atoms with Gasteiger partial charge in [0, 0.05) is 124 Å². The van der Waals surface area contributed by atoms with Crippen LogP contribution in [0.4, 0.5) is 0 Å². The molecule has 0 aliphatic heterocycles. The molecule has 11 heteroatoms. The lowest BCUT2D eigenvalue weighted by molar-refractivity contribution is 0.260. The molecule has 0 saturated carbocycles. The van der Waals surface area contributed by atoms with E-state index in [1.165, 1.54) is 5.57 Å². The van der Waals surface area contributed by atoms with Crippen LogP contribution in [-0.2, 0) is 0 Å². The van der Waals surface area contributed by atoms with E-state index in [2.05, 4.69) is 43.0 Å². The summed E-state index contributed by atoms with van der Waals surface area (Å²) in [6.45, 7) is 22.4. The molecule has 0 aliphatic rings. The summed E-state index contributed by atoms with van der Waals surface area (Å²) in [6, 6.07) is 0. The van der Waals surface area contributed by atoms with E-state index in [0.29, 0.717) is 26.2 Å². The van der Waals surface area contributed by atoms with E-state index >= 15 is 0 Å². The van der Waals surface area contributed by atoms with Gasteiger partial charge in [-0.1, -0.05) is 12.2 Å². The molecule has 0 aromatic heterocycles. The molecule has 0 heterocycles. The van der Waals surface area contributed by atoms with E-state index < -0.39 is 0 Å². The maximum atomic E-state index is 5.78. The van der Waals surface area contributed by atoms with Gasteiger partial charge in [0.15, 0.2) is 0 Å². The van der Waals surface area contributed by atoms with Gasteiger partial charge in [0.1, 0.15) is 0 Å². The van der Waals surface area contributed by atoms with Crippen molar-refractivity contribution in [3.63, 3.8) is 0 Å². The van der Waals surface area contributed by atoms with Gasteiger partial charge in [0.2, 0.25) is 0 Å². The Labute approximate surface area is 215 Å². The van der Waals surface area contributed by atoms with Crippen molar-refractivity contribution in [2.45, 2.75) is 12.8 Å².